The van der Waals surface area contributed by atoms with E-state index in [-0.39, 0.29) is 12.5 Å². The molecule has 0 rings (SSSR count). The molecule has 0 spiro atoms. The number of nitrogens with one attached hydrogen (secondary N) is 1. The van der Waals surface area contributed by atoms with Crippen LogP contribution < -0.4 is 5.32 Å². The molecular formula is C68H119NO3. The summed E-state index contributed by atoms with van der Waals surface area (Å²) in [4.78, 5) is 12.5. The Balaban J connectivity index is 3.59. The smallest absolute Gasteiger partial charge is 0.220 e. The standard InChI is InChI=1S/C68H119NO3/c1-3-5-7-9-11-13-15-17-19-21-23-25-27-29-31-32-33-34-35-36-38-39-41-43-45-47-49-51-53-55-57-59-61-63-67(71)66(65-70)69-68(72)64-62-60-58-56-54-52-50-48-46-44-42-40-37-30-28-26-24-22-20-18-16-14-12-10-8-6-4-2/h6,8,12,14,18,20,24,26,30,37,42,44-45,47,53,55,61,63,66-67,70-71H,3-5,7,9-11,13,15-17,19,21-23,25,27-29,31-36,38-41,43,46,48-52,54,56-60,62,64-65H2,1-2H3,(H,69,72)/b8-6-,14-12-,20-18-,26-24-,37-30-,44-42-,47-45+,55-53+,63-61+. The van der Waals surface area contributed by atoms with Crippen LogP contribution in [-0.4, -0.2) is 34.9 Å². The van der Waals surface area contributed by atoms with Crippen molar-refractivity contribution in [3.63, 3.8) is 0 Å². The molecule has 0 radical (unpaired) electrons. The molecular weight excluding hydrogens is 879 g/mol. The zero-order valence-electron chi connectivity index (χ0n) is 47.7. The maximum Gasteiger partial charge on any atom is 0.220 e. The van der Waals surface area contributed by atoms with E-state index in [1.165, 1.54) is 186 Å². The Kier molecular flexibility index (Phi) is 59.8. The highest BCUT2D eigenvalue weighted by atomic mass is 16.3. The van der Waals surface area contributed by atoms with Crippen molar-refractivity contribution in [2.24, 2.45) is 0 Å². The third-order valence-corrected chi connectivity index (χ3v) is 13.7. The summed E-state index contributed by atoms with van der Waals surface area (Å²) >= 11 is 0. The molecule has 0 aliphatic rings. The molecule has 0 heterocycles. The lowest BCUT2D eigenvalue weighted by molar-refractivity contribution is -0.123. The van der Waals surface area contributed by atoms with Crippen molar-refractivity contribution in [3.8, 4) is 0 Å². The highest BCUT2D eigenvalue weighted by Crippen LogP contribution is 2.17. The van der Waals surface area contributed by atoms with Gasteiger partial charge in [0.15, 0.2) is 0 Å². The van der Waals surface area contributed by atoms with Gasteiger partial charge in [-0.3, -0.25) is 4.79 Å². The number of hydrogen-bond donors (Lipinski definition) is 3. The van der Waals surface area contributed by atoms with Gasteiger partial charge in [0, 0.05) is 6.42 Å². The van der Waals surface area contributed by atoms with Crippen molar-refractivity contribution in [3.05, 3.63) is 109 Å². The SMILES string of the molecule is CC/C=C\C/C=C\C/C=C\C/C=C\C/C=C\C/C=C\CCCCCCCCCCC(=O)NC(CO)C(O)/C=C/CC/C=C/CC/C=C/CCCCCCCCCCCCCCCCCCCCCCCCC. The van der Waals surface area contributed by atoms with Crippen LogP contribution >= 0.6 is 0 Å². The third-order valence-electron chi connectivity index (χ3n) is 13.7. The van der Waals surface area contributed by atoms with Gasteiger partial charge in [-0.1, -0.05) is 303 Å². The van der Waals surface area contributed by atoms with Crippen LogP contribution in [0.2, 0.25) is 0 Å². The molecule has 0 saturated heterocycles. The normalized spacial score (nSPS) is 13.6. The van der Waals surface area contributed by atoms with Gasteiger partial charge in [-0.2, -0.15) is 0 Å². The minimum absolute atomic E-state index is 0.0888. The molecule has 0 bridgehead atoms. The summed E-state index contributed by atoms with van der Waals surface area (Å²) in [6.07, 6.45) is 94.2. The van der Waals surface area contributed by atoms with Crippen LogP contribution in [0, 0.1) is 0 Å². The molecule has 0 aliphatic carbocycles. The molecule has 2 atom stereocenters. The summed E-state index contributed by atoms with van der Waals surface area (Å²) in [5.41, 5.74) is 0. The largest absolute Gasteiger partial charge is 0.394 e. The maximum atomic E-state index is 12.5. The molecule has 0 aromatic carbocycles. The molecule has 0 fully saturated rings. The highest BCUT2D eigenvalue weighted by Gasteiger charge is 2.18. The van der Waals surface area contributed by atoms with Crippen LogP contribution in [0.15, 0.2) is 109 Å². The first kappa shape index (κ1) is 69.0. The quantitative estimate of drug-likeness (QED) is 0.0420. The number of allylic oxidation sites excluding steroid dienone is 17. The van der Waals surface area contributed by atoms with E-state index >= 15 is 0 Å². The monoisotopic (exact) mass is 998 g/mol. The van der Waals surface area contributed by atoms with Gasteiger partial charge in [0.05, 0.1) is 18.8 Å². The van der Waals surface area contributed by atoms with Crippen LogP contribution in [0.3, 0.4) is 0 Å². The number of carbonyl (C=O) groups is 1. The fraction of sp³-hybridized carbons (Fsp3) is 0.721. The van der Waals surface area contributed by atoms with E-state index in [4.69, 9.17) is 0 Å². The molecule has 4 heteroatoms. The Labute approximate surface area is 448 Å². The molecule has 3 N–H and O–H groups in total. The average Bonchev–Trinajstić information content (AvgIpc) is 3.39. The van der Waals surface area contributed by atoms with E-state index in [1.807, 2.05) is 6.08 Å². The summed E-state index contributed by atoms with van der Waals surface area (Å²) in [6, 6.07) is -0.660. The van der Waals surface area contributed by atoms with Gasteiger partial charge >= 0.3 is 0 Å². The van der Waals surface area contributed by atoms with Crippen molar-refractivity contribution >= 4 is 5.91 Å². The van der Waals surface area contributed by atoms with Crippen LogP contribution in [0.4, 0.5) is 0 Å². The van der Waals surface area contributed by atoms with Crippen molar-refractivity contribution in [1.82, 2.24) is 5.32 Å². The molecule has 2 unspecified atom stereocenters. The van der Waals surface area contributed by atoms with E-state index in [9.17, 15) is 15.0 Å². The van der Waals surface area contributed by atoms with Gasteiger partial charge in [0.1, 0.15) is 0 Å². The summed E-state index contributed by atoms with van der Waals surface area (Å²) in [5.74, 6) is -0.0888. The van der Waals surface area contributed by atoms with Gasteiger partial charge in [-0.25, -0.2) is 0 Å². The number of aliphatic hydroxyl groups excluding tert-OH is 2. The number of rotatable bonds is 56. The van der Waals surface area contributed by atoms with Crippen LogP contribution in [0.1, 0.15) is 296 Å². The van der Waals surface area contributed by atoms with Crippen LogP contribution in [0.25, 0.3) is 0 Å². The van der Waals surface area contributed by atoms with Crippen molar-refractivity contribution in [2.75, 3.05) is 6.61 Å². The number of unbranched alkanes of at least 4 members (excludes halogenated alkanes) is 33. The summed E-state index contributed by atoms with van der Waals surface area (Å²) in [6.45, 7) is 4.19. The van der Waals surface area contributed by atoms with Gasteiger partial charge in [-0.05, 0) is 96.3 Å². The number of amides is 1. The Morgan fingerprint density at radius 2 is 0.625 bits per heavy atom. The molecule has 1 amide bonds. The second-order valence-electron chi connectivity index (χ2n) is 20.7. The fourth-order valence-corrected chi connectivity index (χ4v) is 9.04. The Morgan fingerprint density at radius 1 is 0.347 bits per heavy atom. The van der Waals surface area contributed by atoms with Gasteiger partial charge in [-0.15, -0.1) is 0 Å². The van der Waals surface area contributed by atoms with E-state index < -0.39 is 12.1 Å². The van der Waals surface area contributed by atoms with E-state index in [2.05, 4.69) is 116 Å². The predicted octanol–water partition coefficient (Wildman–Crippen LogP) is 21.0. The van der Waals surface area contributed by atoms with Crippen LogP contribution in [-0.2, 0) is 4.79 Å². The molecule has 0 aliphatic heterocycles. The first-order chi connectivity index (χ1) is 35.7. The zero-order valence-corrected chi connectivity index (χ0v) is 47.7. The Hall–Kier alpha value is -2.95. The Bertz CT molecular complexity index is 1360. The highest BCUT2D eigenvalue weighted by molar-refractivity contribution is 5.76. The topological polar surface area (TPSA) is 69.6 Å². The maximum absolute atomic E-state index is 12.5. The van der Waals surface area contributed by atoms with Gasteiger partial charge in [0.25, 0.3) is 0 Å². The minimum Gasteiger partial charge on any atom is -0.394 e. The Morgan fingerprint density at radius 3 is 0.972 bits per heavy atom. The molecule has 0 aromatic rings. The first-order valence-corrected chi connectivity index (χ1v) is 31.1. The lowest BCUT2D eigenvalue weighted by Crippen LogP contribution is -2.45. The lowest BCUT2D eigenvalue weighted by atomic mass is 10.0. The number of aliphatic hydroxyl groups is 2. The zero-order chi connectivity index (χ0) is 52.0. The average molecular weight is 999 g/mol. The minimum atomic E-state index is -0.883. The summed E-state index contributed by atoms with van der Waals surface area (Å²) < 4.78 is 0. The third kappa shape index (κ3) is 57.9. The lowest BCUT2D eigenvalue weighted by Gasteiger charge is -2.19. The van der Waals surface area contributed by atoms with Crippen LogP contribution in [0.5, 0.6) is 0 Å². The molecule has 414 valence electrons. The van der Waals surface area contributed by atoms with Crippen molar-refractivity contribution in [1.29, 1.82) is 0 Å². The predicted molar refractivity (Wildman–Crippen MR) is 322 cm³/mol. The molecule has 0 saturated carbocycles. The van der Waals surface area contributed by atoms with Gasteiger partial charge < -0.3 is 15.5 Å². The summed E-state index contributed by atoms with van der Waals surface area (Å²) in [7, 11) is 0. The molecule has 72 heavy (non-hydrogen) atoms. The van der Waals surface area contributed by atoms with E-state index in [1.54, 1.807) is 6.08 Å². The molecule has 0 aromatic heterocycles. The summed E-state index contributed by atoms with van der Waals surface area (Å²) in [5, 5.41) is 23.2. The van der Waals surface area contributed by atoms with Gasteiger partial charge in [0.2, 0.25) is 5.91 Å². The first-order valence-electron chi connectivity index (χ1n) is 31.1. The second kappa shape index (κ2) is 62.3. The van der Waals surface area contributed by atoms with Crippen molar-refractivity contribution in [2.45, 2.75) is 309 Å². The fourth-order valence-electron chi connectivity index (χ4n) is 9.04. The van der Waals surface area contributed by atoms with E-state index in [0.717, 1.165) is 89.9 Å². The molecule has 4 nitrogen and oxygen atoms in total. The number of carbonyl (C=O) groups excluding carboxylic acids is 1. The van der Waals surface area contributed by atoms with E-state index in [0.29, 0.717) is 6.42 Å². The second-order valence-corrected chi connectivity index (χ2v) is 20.7. The number of hydrogen-bond acceptors (Lipinski definition) is 3. The van der Waals surface area contributed by atoms with Crippen molar-refractivity contribution < 1.29 is 15.0 Å².